The highest BCUT2D eigenvalue weighted by Crippen LogP contribution is 2.36. The summed E-state index contributed by atoms with van der Waals surface area (Å²) in [6, 6.07) is 18.3. The third-order valence-corrected chi connectivity index (χ3v) is 5.30. The summed E-state index contributed by atoms with van der Waals surface area (Å²) in [5.41, 5.74) is 1.39. The van der Waals surface area contributed by atoms with E-state index in [4.69, 9.17) is 14.0 Å². The largest absolute Gasteiger partial charge is 0.454 e. The fraction of sp³-hybridized carbons (Fsp3) is 0.0417. The topological polar surface area (TPSA) is 79.4 Å². The third kappa shape index (κ3) is 2.92. The molecule has 156 valence electrons. The van der Waals surface area contributed by atoms with Crippen LogP contribution in [-0.2, 0) is 0 Å². The normalized spacial score (nSPS) is 12.4. The minimum Gasteiger partial charge on any atom is -0.454 e. The minimum atomic E-state index is -0.438. The molecule has 0 saturated carbocycles. The van der Waals surface area contributed by atoms with Crippen LogP contribution in [0.1, 0.15) is 0 Å². The zero-order chi connectivity index (χ0) is 21.7. The summed E-state index contributed by atoms with van der Waals surface area (Å²) in [6.45, 7) is 0.171. The highest BCUT2D eigenvalue weighted by atomic mass is 19.1. The number of benzene rings is 3. The SMILES string of the molecule is O=c1c2ccccc2c(-c2nc(-c3ccc4c(c3)OCO4)no2)cn1-c1cccc(F)c1. The molecule has 0 radical (unpaired) electrons. The molecule has 0 saturated heterocycles. The number of halogens is 1. The lowest BCUT2D eigenvalue weighted by Gasteiger charge is -2.10. The van der Waals surface area contributed by atoms with Gasteiger partial charge in [0.05, 0.1) is 11.3 Å². The number of hydrogen-bond donors (Lipinski definition) is 0. The van der Waals surface area contributed by atoms with Gasteiger partial charge in [-0.15, -0.1) is 0 Å². The molecule has 6 rings (SSSR count). The van der Waals surface area contributed by atoms with Crippen molar-refractivity contribution in [3.05, 3.63) is 89.1 Å². The summed E-state index contributed by atoms with van der Waals surface area (Å²) in [7, 11) is 0. The van der Waals surface area contributed by atoms with Crippen molar-refractivity contribution in [2.75, 3.05) is 6.79 Å². The Bertz CT molecular complexity index is 1560. The third-order valence-electron chi connectivity index (χ3n) is 5.30. The van der Waals surface area contributed by atoms with Crippen molar-refractivity contribution in [3.63, 3.8) is 0 Å². The molecule has 0 bridgehead atoms. The zero-order valence-corrected chi connectivity index (χ0v) is 16.5. The van der Waals surface area contributed by atoms with Crippen molar-refractivity contribution in [2.45, 2.75) is 0 Å². The molecule has 32 heavy (non-hydrogen) atoms. The molecule has 0 amide bonds. The molecular formula is C24H14FN3O4. The van der Waals surface area contributed by atoms with Gasteiger partial charge in [0.2, 0.25) is 12.6 Å². The molecule has 0 unspecified atom stereocenters. The van der Waals surface area contributed by atoms with Gasteiger partial charge in [0.25, 0.3) is 11.4 Å². The van der Waals surface area contributed by atoms with Crippen molar-refractivity contribution >= 4 is 10.8 Å². The smallest absolute Gasteiger partial charge is 0.262 e. The highest BCUT2D eigenvalue weighted by Gasteiger charge is 2.19. The van der Waals surface area contributed by atoms with E-state index in [9.17, 15) is 9.18 Å². The van der Waals surface area contributed by atoms with E-state index in [1.807, 2.05) is 18.2 Å². The predicted octanol–water partition coefficient (Wildman–Crippen LogP) is 4.58. The summed E-state index contributed by atoms with van der Waals surface area (Å²) in [5, 5.41) is 5.22. The molecule has 0 fully saturated rings. The standard InChI is InChI=1S/C24H14FN3O4/c25-15-4-3-5-16(11-15)28-12-19(17-6-1-2-7-18(17)24(28)29)23-26-22(27-32-23)14-8-9-20-21(10-14)31-13-30-20/h1-12H,13H2. The Hall–Kier alpha value is -4.46. The second kappa shape index (κ2) is 7.05. The summed E-state index contributed by atoms with van der Waals surface area (Å²) < 4.78 is 31.5. The van der Waals surface area contributed by atoms with Crippen molar-refractivity contribution in [3.8, 4) is 40.0 Å². The maximum absolute atomic E-state index is 13.8. The van der Waals surface area contributed by atoms with E-state index in [0.29, 0.717) is 44.9 Å². The highest BCUT2D eigenvalue weighted by molar-refractivity contribution is 5.94. The van der Waals surface area contributed by atoms with Gasteiger partial charge in [-0.1, -0.05) is 29.4 Å². The first-order chi connectivity index (χ1) is 15.7. The van der Waals surface area contributed by atoms with E-state index in [2.05, 4.69) is 10.1 Å². The van der Waals surface area contributed by atoms with Crippen LogP contribution >= 0.6 is 0 Å². The van der Waals surface area contributed by atoms with Gasteiger partial charge in [-0.25, -0.2) is 4.39 Å². The Labute approximate surface area is 180 Å². The van der Waals surface area contributed by atoms with Gasteiger partial charge in [-0.05, 0) is 42.5 Å². The van der Waals surface area contributed by atoms with Gasteiger partial charge in [0.15, 0.2) is 11.5 Å². The fourth-order valence-electron chi connectivity index (χ4n) is 3.77. The van der Waals surface area contributed by atoms with Crippen LogP contribution in [0.15, 0.2) is 82.2 Å². The molecule has 2 aromatic heterocycles. The van der Waals surface area contributed by atoms with Gasteiger partial charge in [-0.2, -0.15) is 4.98 Å². The number of aromatic nitrogens is 3. The lowest BCUT2D eigenvalue weighted by molar-refractivity contribution is 0.174. The van der Waals surface area contributed by atoms with E-state index in [0.717, 1.165) is 0 Å². The Morgan fingerprint density at radius 3 is 2.62 bits per heavy atom. The molecule has 0 aliphatic carbocycles. The summed E-state index contributed by atoms with van der Waals surface area (Å²) in [4.78, 5) is 17.7. The number of pyridine rings is 1. The minimum absolute atomic E-state index is 0.171. The Morgan fingerprint density at radius 1 is 0.906 bits per heavy atom. The lowest BCUT2D eigenvalue weighted by atomic mass is 10.1. The first kappa shape index (κ1) is 18.3. The number of fused-ring (bicyclic) bond motifs is 2. The van der Waals surface area contributed by atoms with Crippen LogP contribution in [0, 0.1) is 5.82 Å². The van der Waals surface area contributed by atoms with Gasteiger partial charge < -0.3 is 14.0 Å². The lowest BCUT2D eigenvalue weighted by Crippen LogP contribution is -2.18. The number of nitrogens with zero attached hydrogens (tertiary/aromatic N) is 3. The number of hydrogen-bond acceptors (Lipinski definition) is 6. The maximum atomic E-state index is 13.8. The molecule has 8 heteroatoms. The predicted molar refractivity (Wildman–Crippen MR) is 114 cm³/mol. The van der Waals surface area contributed by atoms with Crippen LogP contribution in [0.2, 0.25) is 0 Å². The number of ether oxygens (including phenoxy) is 2. The molecule has 3 heterocycles. The average molecular weight is 427 g/mol. The second-order valence-electron chi connectivity index (χ2n) is 7.23. The average Bonchev–Trinajstić information content (AvgIpc) is 3.49. The van der Waals surface area contributed by atoms with Crippen LogP contribution in [0.25, 0.3) is 39.3 Å². The van der Waals surface area contributed by atoms with E-state index in [1.165, 1.54) is 16.7 Å². The van der Waals surface area contributed by atoms with Gasteiger partial charge in [0.1, 0.15) is 5.82 Å². The Kier molecular flexibility index (Phi) is 4.04. The monoisotopic (exact) mass is 427 g/mol. The molecule has 1 aliphatic rings. The van der Waals surface area contributed by atoms with E-state index < -0.39 is 5.82 Å². The van der Waals surface area contributed by atoms with Gasteiger partial charge in [0, 0.05) is 22.5 Å². The molecule has 0 N–H and O–H groups in total. The molecule has 0 atom stereocenters. The summed E-state index contributed by atoms with van der Waals surface area (Å²) >= 11 is 0. The summed E-state index contributed by atoms with van der Waals surface area (Å²) in [6.07, 6.45) is 1.59. The van der Waals surface area contributed by atoms with Crippen LogP contribution in [0.3, 0.4) is 0 Å². The maximum Gasteiger partial charge on any atom is 0.262 e. The molecule has 3 aromatic carbocycles. The first-order valence-electron chi connectivity index (χ1n) is 9.82. The molecule has 1 aliphatic heterocycles. The molecule has 5 aromatic rings. The van der Waals surface area contributed by atoms with Crippen LogP contribution in [0.4, 0.5) is 4.39 Å². The van der Waals surface area contributed by atoms with Gasteiger partial charge >= 0.3 is 0 Å². The molecule has 7 nitrogen and oxygen atoms in total. The number of rotatable bonds is 3. The van der Waals surface area contributed by atoms with E-state index >= 15 is 0 Å². The van der Waals surface area contributed by atoms with Crippen molar-refractivity contribution in [1.82, 2.24) is 14.7 Å². The quantitative estimate of drug-likeness (QED) is 0.420. The van der Waals surface area contributed by atoms with Crippen LogP contribution < -0.4 is 15.0 Å². The molecule has 0 spiro atoms. The summed E-state index contributed by atoms with van der Waals surface area (Å²) in [5.74, 6) is 1.43. The van der Waals surface area contributed by atoms with Crippen molar-refractivity contribution in [2.24, 2.45) is 0 Å². The first-order valence-corrected chi connectivity index (χ1v) is 9.82. The van der Waals surface area contributed by atoms with Crippen LogP contribution in [0.5, 0.6) is 11.5 Å². The van der Waals surface area contributed by atoms with Crippen molar-refractivity contribution < 1.29 is 18.4 Å². The molecular weight excluding hydrogens is 413 g/mol. The van der Waals surface area contributed by atoms with Crippen LogP contribution in [-0.4, -0.2) is 21.5 Å². The van der Waals surface area contributed by atoms with Gasteiger partial charge in [-0.3, -0.25) is 9.36 Å². The second-order valence-corrected chi connectivity index (χ2v) is 7.23. The Balaban J connectivity index is 1.52. The van der Waals surface area contributed by atoms with Crippen molar-refractivity contribution in [1.29, 1.82) is 0 Å². The fourth-order valence-corrected chi connectivity index (χ4v) is 3.77. The van der Waals surface area contributed by atoms with E-state index in [1.54, 1.807) is 42.6 Å². The van der Waals surface area contributed by atoms with E-state index in [-0.39, 0.29) is 18.2 Å². The Morgan fingerprint density at radius 2 is 1.75 bits per heavy atom. The zero-order valence-electron chi connectivity index (χ0n) is 16.5.